The quantitative estimate of drug-likeness (QED) is 0.161. The smallest absolute Gasteiger partial charge is 0.451 e. The molecule has 2 amide bonds. The van der Waals surface area contributed by atoms with E-state index in [-0.39, 0.29) is 80.0 Å². The van der Waals surface area contributed by atoms with Crippen molar-refractivity contribution in [1.29, 1.82) is 0 Å². The standard InChI is InChI=1S/C28H35ClFN3O10/c1-3-20-21(26(36)31-16-18-6-4-7-19(29)22(18)30)24(35)25(23-27(37)32(8-5-11-34)9-10-33(20)23)42-17-43-28(38)41-15-14-40-13-12-39-2/h4,6-7,34H,3,5,8-17H2,1-2H3,(H,31,36). The van der Waals surface area contributed by atoms with Gasteiger partial charge in [-0.15, -0.1) is 0 Å². The number of nitrogens with one attached hydrogen (secondary N) is 1. The van der Waals surface area contributed by atoms with E-state index < -0.39 is 41.8 Å². The Bertz CT molecular complexity index is 1350. The SMILES string of the molecule is CCc1c(C(=O)NCc2cccc(Cl)c2F)c(=O)c(OCOC(=O)OCCOCCOC)c2n1CCN(CCCO)C2=O. The summed E-state index contributed by atoms with van der Waals surface area (Å²) in [5.41, 5.74) is -0.935. The molecule has 0 saturated carbocycles. The summed E-state index contributed by atoms with van der Waals surface area (Å²) in [6.07, 6.45) is -0.583. The Hall–Kier alpha value is -3.72. The van der Waals surface area contributed by atoms with Crippen LogP contribution in [-0.4, -0.2) is 92.6 Å². The number of ether oxygens (including phenoxy) is 5. The Labute approximate surface area is 252 Å². The fourth-order valence-electron chi connectivity index (χ4n) is 4.44. The van der Waals surface area contributed by atoms with Crippen LogP contribution in [0.25, 0.3) is 0 Å². The fourth-order valence-corrected chi connectivity index (χ4v) is 4.64. The van der Waals surface area contributed by atoms with Crippen molar-refractivity contribution in [2.24, 2.45) is 0 Å². The summed E-state index contributed by atoms with van der Waals surface area (Å²) in [7, 11) is 1.52. The summed E-state index contributed by atoms with van der Waals surface area (Å²) in [5, 5.41) is 11.7. The first-order valence-electron chi connectivity index (χ1n) is 13.6. The maximum absolute atomic E-state index is 14.4. The number of benzene rings is 1. The normalized spacial score (nSPS) is 12.6. The van der Waals surface area contributed by atoms with Gasteiger partial charge in [-0.05, 0) is 18.9 Å². The van der Waals surface area contributed by atoms with E-state index in [0.717, 1.165) is 0 Å². The highest BCUT2D eigenvalue weighted by Crippen LogP contribution is 2.26. The van der Waals surface area contributed by atoms with Crippen molar-refractivity contribution < 1.29 is 47.6 Å². The zero-order valence-corrected chi connectivity index (χ0v) is 24.7. The van der Waals surface area contributed by atoms with Gasteiger partial charge in [0.05, 0.1) is 24.8 Å². The first kappa shape index (κ1) is 33.8. The topological polar surface area (TPSA) is 155 Å². The zero-order valence-electron chi connectivity index (χ0n) is 24.0. The number of pyridine rings is 1. The molecule has 0 saturated heterocycles. The maximum atomic E-state index is 14.4. The van der Waals surface area contributed by atoms with Gasteiger partial charge in [0, 0.05) is 51.2 Å². The molecule has 2 heterocycles. The molecule has 0 spiro atoms. The second kappa shape index (κ2) is 16.8. The van der Waals surface area contributed by atoms with Gasteiger partial charge in [0.25, 0.3) is 11.8 Å². The molecular weight excluding hydrogens is 593 g/mol. The van der Waals surface area contributed by atoms with E-state index in [1.165, 1.54) is 34.8 Å². The predicted octanol–water partition coefficient (Wildman–Crippen LogP) is 2.12. The highest BCUT2D eigenvalue weighted by molar-refractivity contribution is 6.30. The molecule has 0 aliphatic carbocycles. The van der Waals surface area contributed by atoms with Crippen LogP contribution < -0.4 is 15.5 Å². The molecule has 0 bridgehead atoms. The lowest BCUT2D eigenvalue weighted by atomic mass is 10.0. The van der Waals surface area contributed by atoms with E-state index in [0.29, 0.717) is 19.6 Å². The van der Waals surface area contributed by atoms with Gasteiger partial charge in [0.2, 0.25) is 18.0 Å². The Morgan fingerprint density at radius 1 is 1.12 bits per heavy atom. The number of amides is 2. The second-order valence-electron chi connectivity index (χ2n) is 9.21. The van der Waals surface area contributed by atoms with Gasteiger partial charge in [-0.25, -0.2) is 9.18 Å². The zero-order chi connectivity index (χ0) is 31.4. The average Bonchev–Trinajstić information content (AvgIpc) is 2.99. The number of rotatable bonds is 16. The van der Waals surface area contributed by atoms with Crippen LogP contribution in [0.5, 0.6) is 5.75 Å². The van der Waals surface area contributed by atoms with E-state index in [1.807, 2.05) is 0 Å². The predicted molar refractivity (Wildman–Crippen MR) is 151 cm³/mol. The monoisotopic (exact) mass is 627 g/mol. The molecule has 1 aromatic heterocycles. The van der Waals surface area contributed by atoms with Gasteiger partial charge in [-0.1, -0.05) is 30.7 Å². The third kappa shape index (κ3) is 8.66. The molecule has 1 aliphatic heterocycles. The molecule has 236 valence electrons. The van der Waals surface area contributed by atoms with Crippen molar-refractivity contribution in [2.45, 2.75) is 32.9 Å². The third-order valence-corrected chi connectivity index (χ3v) is 6.79. The number of hydrogen-bond donors (Lipinski definition) is 2. The molecular formula is C28H35ClFN3O10. The minimum absolute atomic E-state index is 0.0996. The molecule has 1 aromatic carbocycles. The van der Waals surface area contributed by atoms with E-state index in [4.69, 9.17) is 35.3 Å². The number of aromatic nitrogens is 1. The number of hydrogen-bond acceptors (Lipinski definition) is 10. The molecule has 1 aliphatic rings. The Morgan fingerprint density at radius 3 is 2.60 bits per heavy atom. The summed E-state index contributed by atoms with van der Waals surface area (Å²) in [6, 6.07) is 4.34. The average molecular weight is 628 g/mol. The van der Waals surface area contributed by atoms with Crippen molar-refractivity contribution in [3.8, 4) is 5.75 Å². The van der Waals surface area contributed by atoms with E-state index in [1.54, 1.807) is 6.92 Å². The largest absolute Gasteiger partial charge is 0.511 e. The van der Waals surface area contributed by atoms with Crippen molar-refractivity contribution in [3.05, 3.63) is 61.8 Å². The number of fused-ring (bicyclic) bond motifs is 1. The number of carbonyl (C=O) groups excluding carboxylic acids is 3. The van der Waals surface area contributed by atoms with Crippen molar-refractivity contribution in [3.63, 3.8) is 0 Å². The van der Waals surface area contributed by atoms with Gasteiger partial charge in [0.1, 0.15) is 18.0 Å². The first-order valence-corrected chi connectivity index (χ1v) is 14.0. The molecule has 0 unspecified atom stereocenters. The van der Waals surface area contributed by atoms with Crippen LogP contribution in [0.3, 0.4) is 0 Å². The number of carbonyl (C=O) groups is 3. The van der Waals surface area contributed by atoms with Gasteiger partial charge in [0.15, 0.2) is 5.69 Å². The molecule has 15 heteroatoms. The van der Waals surface area contributed by atoms with Crippen LogP contribution in [0.1, 0.15) is 45.4 Å². The van der Waals surface area contributed by atoms with Crippen LogP contribution in [0.2, 0.25) is 5.02 Å². The van der Waals surface area contributed by atoms with Crippen molar-refractivity contribution in [2.75, 3.05) is 60.0 Å². The highest BCUT2D eigenvalue weighted by atomic mass is 35.5. The number of aliphatic hydroxyl groups is 1. The summed E-state index contributed by atoms with van der Waals surface area (Å²) < 4.78 is 41.3. The first-order chi connectivity index (χ1) is 20.7. The van der Waals surface area contributed by atoms with Crippen LogP contribution in [0.15, 0.2) is 23.0 Å². The molecule has 2 N–H and O–H groups in total. The summed E-state index contributed by atoms with van der Waals surface area (Å²) in [4.78, 5) is 54.0. The lowest BCUT2D eigenvalue weighted by molar-refractivity contribution is -0.0128. The third-order valence-electron chi connectivity index (χ3n) is 6.49. The highest BCUT2D eigenvalue weighted by Gasteiger charge is 2.34. The molecule has 0 atom stereocenters. The van der Waals surface area contributed by atoms with Crippen LogP contribution in [0, 0.1) is 5.82 Å². The number of methoxy groups -OCH3 is 1. The van der Waals surface area contributed by atoms with Gasteiger partial charge < -0.3 is 43.6 Å². The molecule has 0 fully saturated rings. The van der Waals surface area contributed by atoms with Crippen molar-refractivity contribution in [1.82, 2.24) is 14.8 Å². The Kier molecular flexibility index (Phi) is 13.2. The molecule has 2 aromatic rings. The lowest BCUT2D eigenvalue weighted by Crippen LogP contribution is -2.45. The van der Waals surface area contributed by atoms with Crippen LogP contribution in [0.4, 0.5) is 9.18 Å². The summed E-state index contributed by atoms with van der Waals surface area (Å²) in [5.74, 6) is -2.56. The van der Waals surface area contributed by atoms with Gasteiger partial charge in [-0.3, -0.25) is 14.4 Å². The number of nitrogens with zero attached hydrogens (tertiary/aromatic N) is 2. The summed E-state index contributed by atoms with van der Waals surface area (Å²) >= 11 is 5.84. The van der Waals surface area contributed by atoms with E-state index >= 15 is 0 Å². The molecule has 43 heavy (non-hydrogen) atoms. The van der Waals surface area contributed by atoms with Gasteiger partial charge in [-0.2, -0.15) is 0 Å². The number of aliphatic hydroxyl groups excluding tert-OH is 1. The summed E-state index contributed by atoms with van der Waals surface area (Å²) in [6.45, 7) is 1.91. The molecule has 3 rings (SSSR count). The van der Waals surface area contributed by atoms with E-state index in [9.17, 15) is 28.7 Å². The van der Waals surface area contributed by atoms with Crippen LogP contribution in [-0.2, 0) is 38.5 Å². The Balaban J connectivity index is 1.86. The minimum Gasteiger partial charge on any atom is -0.451 e. The Morgan fingerprint density at radius 2 is 1.88 bits per heavy atom. The van der Waals surface area contributed by atoms with Gasteiger partial charge >= 0.3 is 6.16 Å². The van der Waals surface area contributed by atoms with Crippen molar-refractivity contribution >= 4 is 29.6 Å². The minimum atomic E-state index is -1.10. The van der Waals surface area contributed by atoms with E-state index in [2.05, 4.69) is 5.32 Å². The van der Waals surface area contributed by atoms with Crippen LogP contribution >= 0.6 is 11.6 Å². The molecule has 0 radical (unpaired) electrons. The second-order valence-corrected chi connectivity index (χ2v) is 9.62. The number of halogens is 2. The maximum Gasteiger partial charge on any atom is 0.511 e. The lowest BCUT2D eigenvalue weighted by Gasteiger charge is -2.33. The fraction of sp³-hybridized carbons (Fsp3) is 0.500. The molecule has 13 nitrogen and oxygen atoms in total.